The van der Waals surface area contributed by atoms with Gasteiger partial charge in [-0.2, -0.15) is 0 Å². The maximum Gasteiger partial charge on any atom is 0.124 e. The zero-order valence-corrected chi connectivity index (χ0v) is 13.8. The van der Waals surface area contributed by atoms with Crippen LogP contribution in [0.5, 0.6) is 0 Å². The van der Waals surface area contributed by atoms with E-state index in [4.69, 9.17) is 4.74 Å². The highest BCUT2D eigenvalue weighted by Gasteiger charge is 2.41. The third kappa shape index (κ3) is 3.41. The van der Waals surface area contributed by atoms with E-state index in [1.807, 2.05) is 13.2 Å². The van der Waals surface area contributed by atoms with E-state index in [0.717, 1.165) is 35.8 Å². The molecular weight excluding hydrogens is 321 g/mol. The lowest BCUT2D eigenvalue weighted by Gasteiger charge is -2.37. The van der Waals surface area contributed by atoms with E-state index < -0.39 is 0 Å². The fourth-order valence-corrected chi connectivity index (χ4v) is 3.78. The van der Waals surface area contributed by atoms with E-state index in [0.29, 0.717) is 0 Å². The Hall–Kier alpha value is -0.450. The molecule has 1 atom stereocenters. The van der Waals surface area contributed by atoms with Crippen molar-refractivity contribution in [2.75, 3.05) is 13.7 Å². The van der Waals surface area contributed by atoms with Gasteiger partial charge in [-0.05, 0) is 43.5 Å². The van der Waals surface area contributed by atoms with Crippen molar-refractivity contribution in [2.24, 2.45) is 0 Å². The molecule has 1 saturated carbocycles. The average Bonchev–Trinajstić information content (AvgIpc) is 2.91. The molecule has 112 valence electrons. The van der Waals surface area contributed by atoms with Gasteiger partial charge in [0.05, 0.1) is 5.60 Å². The van der Waals surface area contributed by atoms with Gasteiger partial charge >= 0.3 is 0 Å². The quantitative estimate of drug-likeness (QED) is 0.840. The average molecular weight is 344 g/mol. The number of methoxy groups -OCH3 is 1. The van der Waals surface area contributed by atoms with Crippen molar-refractivity contribution in [2.45, 2.75) is 50.7 Å². The Morgan fingerprint density at radius 2 is 2.10 bits per heavy atom. The molecule has 0 heterocycles. The summed E-state index contributed by atoms with van der Waals surface area (Å²) in [5.74, 6) is -0.206. The third-order valence-electron chi connectivity index (χ3n) is 4.38. The van der Waals surface area contributed by atoms with Crippen LogP contribution < -0.4 is 5.32 Å². The Morgan fingerprint density at radius 1 is 1.40 bits per heavy atom. The van der Waals surface area contributed by atoms with E-state index in [1.54, 1.807) is 0 Å². The lowest BCUT2D eigenvalue weighted by atomic mass is 9.87. The molecule has 1 fully saturated rings. The second-order valence-corrected chi connectivity index (χ2v) is 6.38. The molecule has 0 aromatic heterocycles. The summed E-state index contributed by atoms with van der Waals surface area (Å²) in [5.41, 5.74) is 1.05. The topological polar surface area (TPSA) is 21.3 Å². The molecule has 0 radical (unpaired) electrons. The Morgan fingerprint density at radius 3 is 2.65 bits per heavy atom. The highest BCUT2D eigenvalue weighted by molar-refractivity contribution is 9.10. The highest BCUT2D eigenvalue weighted by Crippen LogP contribution is 2.37. The van der Waals surface area contributed by atoms with Gasteiger partial charge in [0, 0.05) is 17.6 Å². The van der Waals surface area contributed by atoms with Gasteiger partial charge in [-0.25, -0.2) is 4.39 Å². The monoisotopic (exact) mass is 343 g/mol. The van der Waals surface area contributed by atoms with Crippen molar-refractivity contribution in [1.82, 2.24) is 5.32 Å². The fourth-order valence-electron chi connectivity index (χ4n) is 3.27. The molecule has 0 bridgehead atoms. The number of nitrogens with one attached hydrogen (secondary N) is 1. The zero-order valence-electron chi connectivity index (χ0n) is 12.2. The minimum atomic E-state index is -0.206. The molecule has 1 N–H and O–H groups in total. The first-order valence-corrected chi connectivity index (χ1v) is 8.13. The van der Waals surface area contributed by atoms with Gasteiger partial charge in [0.2, 0.25) is 0 Å². The molecule has 1 aliphatic carbocycles. The molecule has 0 aliphatic heterocycles. The molecular formula is C16H23BrFNO. The van der Waals surface area contributed by atoms with Gasteiger partial charge in [-0.3, -0.25) is 0 Å². The number of benzene rings is 1. The summed E-state index contributed by atoms with van der Waals surface area (Å²) in [6, 6.07) is 5.19. The molecule has 1 unspecified atom stereocenters. The van der Waals surface area contributed by atoms with Gasteiger partial charge in [0.1, 0.15) is 5.82 Å². The maximum absolute atomic E-state index is 13.2. The van der Waals surface area contributed by atoms with Crippen molar-refractivity contribution in [3.8, 4) is 0 Å². The molecule has 2 rings (SSSR count). The van der Waals surface area contributed by atoms with Crippen molar-refractivity contribution >= 4 is 15.9 Å². The number of likely N-dealkylation sites (N-methyl/N-ethyl adjacent to an activating group) is 1. The number of rotatable bonds is 6. The molecule has 0 spiro atoms. The summed E-state index contributed by atoms with van der Waals surface area (Å²) in [6.07, 6.45) is 5.49. The van der Waals surface area contributed by atoms with Crippen LogP contribution in [-0.2, 0) is 11.2 Å². The van der Waals surface area contributed by atoms with Crippen molar-refractivity contribution in [1.29, 1.82) is 0 Å². The van der Waals surface area contributed by atoms with Crippen molar-refractivity contribution in [3.63, 3.8) is 0 Å². The second kappa shape index (κ2) is 7.01. The Balaban J connectivity index is 2.20. The van der Waals surface area contributed by atoms with Gasteiger partial charge in [-0.15, -0.1) is 0 Å². The Kier molecular flexibility index (Phi) is 5.58. The van der Waals surface area contributed by atoms with E-state index in [-0.39, 0.29) is 17.5 Å². The zero-order chi connectivity index (χ0) is 14.6. The SMILES string of the molecule is CCNC(Cc1ccc(F)cc1Br)C1(OC)CCCC1. The molecule has 2 nitrogen and oxygen atoms in total. The maximum atomic E-state index is 13.2. The van der Waals surface area contributed by atoms with Crippen LogP contribution in [0.2, 0.25) is 0 Å². The van der Waals surface area contributed by atoms with Crippen LogP contribution in [0.25, 0.3) is 0 Å². The first-order chi connectivity index (χ1) is 9.61. The second-order valence-electron chi connectivity index (χ2n) is 5.53. The van der Waals surface area contributed by atoms with E-state index in [9.17, 15) is 4.39 Å². The number of halogens is 2. The molecule has 20 heavy (non-hydrogen) atoms. The Labute approximate surface area is 129 Å². The van der Waals surface area contributed by atoms with Gasteiger partial charge in [0.25, 0.3) is 0 Å². The van der Waals surface area contributed by atoms with Crippen LogP contribution in [0.1, 0.15) is 38.2 Å². The van der Waals surface area contributed by atoms with Crippen molar-refractivity contribution < 1.29 is 9.13 Å². The molecule has 4 heteroatoms. The lowest BCUT2D eigenvalue weighted by Crippen LogP contribution is -2.51. The van der Waals surface area contributed by atoms with Crippen LogP contribution >= 0.6 is 15.9 Å². The third-order valence-corrected chi connectivity index (χ3v) is 5.12. The molecule has 1 aromatic rings. The normalized spacial score (nSPS) is 19.2. The first-order valence-electron chi connectivity index (χ1n) is 7.34. The summed E-state index contributed by atoms with van der Waals surface area (Å²) >= 11 is 3.47. The fraction of sp³-hybridized carbons (Fsp3) is 0.625. The Bertz CT molecular complexity index is 446. The van der Waals surface area contributed by atoms with Crippen LogP contribution in [0.4, 0.5) is 4.39 Å². The van der Waals surface area contributed by atoms with Gasteiger partial charge in [-0.1, -0.05) is 41.8 Å². The molecule has 0 amide bonds. The largest absolute Gasteiger partial charge is 0.377 e. The summed E-state index contributed by atoms with van der Waals surface area (Å²) in [4.78, 5) is 0. The van der Waals surface area contributed by atoms with E-state index in [1.165, 1.54) is 25.0 Å². The van der Waals surface area contributed by atoms with Crippen LogP contribution in [0.3, 0.4) is 0 Å². The minimum absolute atomic E-state index is 0.0795. The van der Waals surface area contributed by atoms with Gasteiger partial charge in [0.15, 0.2) is 0 Å². The molecule has 1 aromatic carbocycles. The van der Waals surface area contributed by atoms with Crippen molar-refractivity contribution in [3.05, 3.63) is 34.1 Å². The number of hydrogen-bond donors (Lipinski definition) is 1. The standard InChI is InChI=1S/C16H23BrFNO/c1-3-19-15(16(20-2)8-4-5-9-16)10-12-6-7-13(18)11-14(12)17/h6-7,11,15,19H,3-5,8-10H2,1-2H3. The lowest BCUT2D eigenvalue weighted by molar-refractivity contribution is -0.0351. The molecule has 0 saturated heterocycles. The summed E-state index contributed by atoms with van der Waals surface area (Å²) in [7, 11) is 1.81. The molecule has 1 aliphatic rings. The smallest absolute Gasteiger partial charge is 0.124 e. The predicted molar refractivity (Wildman–Crippen MR) is 83.5 cm³/mol. The summed E-state index contributed by atoms with van der Waals surface area (Å²) < 4.78 is 19.9. The highest BCUT2D eigenvalue weighted by atomic mass is 79.9. The van der Waals surface area contributed by atoms with E-state index in [2.05, 4.69) is 28.2 Å². The summed E-state index contributed by atoms with van der Waals surface area (Å²) in [5, 5.41) is 3.57. The summed E-state index contributed by atoms with van der Waals surface area (Å²) in [6.45, 7) is 3.03. The first kappa shape index (κ1) is 15.9. The number of ether oxygens (including phenoxy) is 1. The van der Waals surface area contributed by atoms with E-state index >= 15 is 0 Å². The van der Waals surface area contributed by atoms with Crippen LogP contribution in [0.15, 0.2) is 22.7 Å². The van der Waals surface area contributed by atoms with Crippen LogP contribution in [0, 0.1) is 5.82 Å². The number of hydrogen-bond acceptors (Lipinski definition) is 2. The van der Waals surface area contributed by atoms with Crippen LogP contribution in [-0.4, -0.2) is 25.3 Å². The van der Waals surface area contributed by atoms with Gasteiger partial charge < -0.3 is 10.1 Å². The predicted octanol–water partition coefficient (Wildman–Crippen LogP) is 4.07. The minimum Gasteiger partial charge on any atom is -0.377 e.